The molecule has 0 unspecified atom stereocenters. The van der Waals surface area contributed by atoms with Crippen LogP contribution in [-0.4, -0.2) is 34.2 Å². The molecule has 16 heavy (non-hydrogen) atoms. The zero-order valence-corrected chi connectivity index (χ0v) is 10.3. The SMILES string of the molecule is OC1CCN(Cc2nc3c(s2)CCC3)CC1. The third-order valence-corrected chi connectivity index (χ3v) is 4.70. The quantitative estimate of drug-likeness (QED) is 0.850. The monoisotopic (exact) mass is 238 g/mol. The van der Waals surface area contributed by atoms with Gasteiger partial charge in [0.25, 0.3) is 0 Å². The van der Waals surface area contributed by atoms with Gasteiger partial charge in [0.1, 0.15) is 5.01 Å². The molecule has 0 atom stereocenters. The van der Waals surface area contributed by atoms with Crippen molar-refractivity contribution in [1.82, 2.24) is 9.88 Å². The first-order valence-electron chi connectivity index (χ1n) is 6.19. The van der Waals surface area contributed by atoms with Crippen LogP contribution in [0.3, 0.4) is 0 Å². The van der Waals surface area contributed by atoms with Crippen LogP contribution in [0, 0.1) is 0 Å². The highest BCUT2D eigenvalue weighted by Crippen LogP contribution is 2.28. The second-order valence-corrected chi connectivity index (χ2v) is 6.01. The van der Waals surface area contributed by atoms with Crippen LogP contribution in [0.15, 0.2) is 0 Å². The minimum absolute atomic E-state index is 0.0717. The van der Waals surface area contributed by atoms with Crippen molar-refractivity contribution in [3.63, 3.8) is 0 Å². The first kappa shape index (κ1) is 10.7. The van der Waals surface area contributed by atoms with Gasteiger partial charge in [-0.2, -0.15) is 0 Å². The second-order valence-electron chi connectivity index (χ2n) is 4.84. The molecule has 0 radical (unpaired) electrons. The fraction of sp³-hybridized carbons (Fsp3) is 0.750. The van der Waals surface area contributed by atoms with Crippen LogP contribution >= 0.6 is 11.3 Å². The van der Waals surface area contributed by atoms with Crippen molar-refractivity contribution >= 4 is 11.3 Å². The van der Waals surface area contributed by atoms with E-state index in [1.54, 1.807) is 0 Å². The van der Waals surface area contributed by atoms with Crippen molar-refractivity contribution in [2.24, 2.45) is 0 Å². The lowest BCUT2D eigenvalue weighted by Gasteiger charge is -2.28. The summed E-state index contributed by atoms with van der Waals surface area (Å²) in [6.07, 6.45) is 5.49. The number of aromatic nitrogens is 1. The molecule has 0 spiro atoms. The standard InChI is InChI=1S/C12H18N2OS/c15-9-4-6-14(7-5-9)8-12-13-10-2-1-3-11(10)16-12/h9,15H,1-8H2. The van der Waals surface area contributed by atoms with E-state index >= 15 is 0 Å². The predicted molar refractivity (Wildman–Crippen MR) is 64.7 cm³/mol. The van der Waals surface area contributed by atoms with E-state index in [0.717, 1.165) is 32.5 Å². The van der Waals surface area contributed by atoms with E-state index < -0.39 is 0 Å². The molecule has 0 aromatic carbocycles. The first-order chi connectivity index (χ1) is 7.81. The highest BCUT2D eigenvalue weighted by molar-refractivity contribution is 7.11. The van der Waals surface area contributed by atoms with E-state index in [9.17, 15) is 5.11 Å². The Bertz CT molecular complexity index is 348. The fourth-order valence-corrected chi connectivity index (χ4v) is 3.78. The number of likely N-dealkylation sites (tertiary alicyclic amines) is 1. The van der Waals surface area contributed by atoms with E-state index in [-0.39, 0.29) is 6.10 Å². The molecule has 2 heterocycles. The van der Waals surface area contributed by atoms with Crippen molar-refractivity contribution < 1.29 is 5.11 Å². The molecule has 88 valence electrons. The Kier molecular flexibility index (Phi) is 2.96. The molecule has 3 rings (SSSR count). The summed E-state index contributed by atoms with van der Waals surface area (Å²) in [6.45, 7) is 3.03. The van der Waals surface area contributed by atoms with Crippen molar-refractivity contribution in [3.8, 4) is 0 Å². The third-order valence-electron chi connectivity index (χ3n) is 3.56. The Morgan fingerprint density at radius 2 is 2.12 bits per heavy atom. The lowest BCUT2D eigenvalue weighted by atomic mass is 10.1. The van der Waals surface area contributed by atoms with E-state index in [4.69, 9.17) is 4.98 Å². The lowest BCUT2D eigenvalue weighted by molar-refractivity contribution is 0.0792. The largest absolute Gasteiger partial charge is 0.393 e. The smallest absolute Gasteiger partial charge is 0.107 e. The van der Waals surface area contributed by atoms with Gasteiger partial charge in [-0.05, 0) is 32.1 Å². The molecule has 1 aromatic heterocycles. The maximum Gasteiger partial charge on any atom is 0.107 e. The number of rotatable bonds is 2. The number of aryl methyl sites for hydroxylation is 2. The number of nitrogens with zero attached hydrogens (tertiary/aromatic N) is 2. The number of aliphatic hydroxyl groups excluding tert-OH is 1. The van der Waals surface area contributed by atoms with Gasteiger partial charge in [0, 0.05) is 18.0 Å². The molecule has 1 saturated heterocycles. The summed E-state index contributed by atoms with van der Waals surface area (Å²) < 4.78 is 0. The Balaban J connectivity index is 1.61. The summed E-state index contributed by atoms with van der Waals surface area (Å²) >= 11 is 1.90. The van der Waals surface area contributed by atoms with Crippen LogP contribution in [-0.2, 0) is 19.4 Å². The molecule has 0 amide bonds. The number of hydrogen-bond donors (Lipinski definition) is 1. The van der Waals surface area contributed by atoms with Gasteiger partial charge in [-0.1, -0.05) is 0 Å². The summed E-state index contributed by atoms with van der Waals surface area (Å²) in [5.74, 6) is 0. The van der Waals surface area contributed by atoms with Crippen LogP contribution in [0.25, 0.3) is 0 Å². The molecule has 1 N–H and O–H groups in total. The zero-order valence-electron chi connectivity index (χ0n) is 9.48. The van der Waals surface area contributed by atoms with Crippen molar-refractivity contribution in [2.45, 2.75) is 44.8 Å². The van der Waals surface area contributed by atoms with Crippen molar-refractivity contribution in [2.75, 3.05) is 13.1 Å². The molecule has 1 fully saturated rings. The fourth-order valence-electron chi connectivity index (χ4n) is 2.58. The second kappa shape index (κ2) is 4.43. The molecule has 1 aromatic rings. The van der Waals surface area contributed by atoms with Crippen LogP contribution in [0.5, 0.6) is 0 Å². The van der Waals surface area contributed by atoms with E-state index in [0.29, 0.717) is 0 Å². The summed E-state index contributed by atoms with van der Waals surface area (Å²) in [7, 11) is 0. The summed E-state index contributed by atoms with van der Waals surface area (Å²) in [5, 5.41) is 10.7. The zero-order chi connectivity index (χ0) is 11.0. The molecule has 0 bridgehead atoms. The van der Waals surface area contributed by atoms with Gasteiger partial charge in [0.05, 0.1) is 18.3 Å². The Morgan fingerprint density at radius 1 is 1.31 bits per heavy atom. The minimum atomic E-state index is -0.0717. The summed E-state index contributed by atoms with van der Waals surface area (Å²) in [4.78, 5) is 8.66. The topological polar surface area (TPSA) is 36.4 Å². The molecular weight excluding hydrogens is 220 g/mol. The van der Waals surface area contributed by atoms with E-state index in [1.165, 1.54) is 34.8 Å². The van der Waals surface area contributed by atoms with E-state index in [1.807, 2.05) is 11.3 Å². The van der Waals surface area contributed by atoms with Gasteiger partial charge < -0.3 is 5.11 Å². The normalized spacial score (nSPS) is 22.6. The molecule has 3 nitrogen and oxygen atoms in total. The Hall–Kier alpha value is -0.450. The van der Waals surface area contributed by atoms with Gasteiger partial charge in [-0.25, -0.2) is 4.98 Å². The Labute approximate surface area is 100 Å². The first-order valence-corrected chi connectivity index (χ1v) is 7.01. The van der Waals surface area contributed by atoms with Crippen LogP contribution in [0.2, 0.25) is 0 Å². The summed E-state index contributed by atoms with van der Waals surface area (Å²) in [5.41, 5.74) is 1.36. The average molecular weight is 238 g/mol. The molecule has 1 aliphatic carbocycles. The predicted octanol–water partition coefficient (Wildman–Crippen LogP) is 1.59. The van der Waals surface area contributed by atoms with Crippen molar-refractivity contribution in [1.29, 1.82) is 0 Å². The minimum Gasteiger partial charge on any atom is -0.393 e. The van der Waals surface area contributed by atoms with Crippen LogP contribution in [0.1, 0.15) is 34.8 Å². The number of piperidine rings is 1. The molecule has 2 aliphatic rings. The van der Waals surface area contributed by atoms with Gasteiger partial charge in [0.15, 0.2) is 0 Å². The Morgan fingerprint density at radius 3 is 2.88 bits per heavy atom. The third kappa shape index (κ3) is 2.14. The van der Waals surface area contributed by atoms with E-state index in [2.05, 4.69) is 4.90 Å². The van der Waals surface area contributed by atoms with Crippen LogP contribution < -0.4 is 0 Å². The van der Waals surface area contributed by atoms with Gasteiger partial charge in [-0.3, -0.25) is 4.90 Å². The van der Waals surface area contributed by atoms with Gasteiger partial charge in [0.2, 0.25) is 0 Å². The lowest BCUT2D eigenvalue weighted by Crippen LogP contribution is -2.35. The number of thiazole rings is 1. The molecule has 1 aliphatic heterocycles. The number of aliphatic hydroxyl groups is 1. The van der Waals surface area contributed by atoms with Gasteiger partial charge in [-0.15, -0.1) is 11.3 Å². The van der Waals surface area contributed by atoms with Crippen molar-refractivity contribution in [3.05, 3.63) is 15.6 Å². The average Bonchev–Trinajstić information content (AvgIpc) is 2.81. The highest BCUT2D eigenvalue weighted by atomic mass is 32.1. The maximum atomic E-state index is 9.45. The number of fused-ring (bicyclic) bond motifs is 1. The molecule has 4 heteroatoms. The van der Waals surface area contributed by atoms with Gasteiger partial charge >= 0.3 is 0 Å². The summed E-state index contributed by atoms with van der Waals surface area (Å²) in [6, 6.07) is 0. The molecular formula is C12H18N2OS. The highest BCUT2D eigenvalue weighted by Gasteiger charge is 2.20. The maximum absolute atomic E-state index is 9.45. The number of hydrogen-bond acceptors (Lipinski definition) is 4. The van der Waals surface area contributed by atoms with Crippen LogP contribution in [0.4, 0.5) is 0 Å². The molecule has 0 saturated carbocycles.